The summed E-state index contributed by atoms with van der Waals surface area (Å²) in [5, 5.41) is 0. The van der Waals surface area contributed by atoms with Gasteiger partial charge < -0.3 is 9.47 Å². The van der Waals surface area contributed by atoms with Gasteiger partial charge in [-0.05, 0) is 29.7 Å². The lowest BCUT2D eigenvalue weighted by molar-refractivity contribution is -0.195. The molecule has 0 atom stereocenters. The van der Waals surface area contributed by atoms with Crippen LogP contribution in [0.15, 0.2) is 48.5 Å². The summed E-state index contributed by atoms with van der Waals surface area (Å²) in [6, 6.07) is 8.72. The summed E-state index contributed by atoms with van der Waals surface area (Å²) in [6.45, 7) is 0.510. The minimum Gasteiger partial charge on any atom is -0.483 e. The summed E-state index contributed by atoms with van der Waals surface area (Å²) in [4.78, 5) is 0. The van der Waals surface area contributed by atoms with E-state index in [9.17, 15) is 30.7 Å². The first-order valence-electron chi connectivity index (χ1n) is 9.52. The topological polar surface area (TPSA) is 18.5 Å². The first-order valence-corrected chi connectivity index (χ1v) is 9.52. The van der Waals surface area contributed by atoms with Crippen LogP contribution in [-0.4, -0.2) is 12.7 Å². The van der Waals surface area contributed by atoms with Crippen LogP contribution in [0, 0.1) is 29.1 Å². The van der Waals surface area contributed by atoms with Crippen molar-refractivity contribution in [3.05, 3.63) is 83.2 Å². The molecule has 170 valence electrons. The number of aryl methyl sites for hydroxylation is 1. The van der Waals surface area contributed by atoms with Crippen molar-refractivity contribution in [3.8, 4) is 22.6 Å². The van der Waals surface area contributed by atoms with Gasteiger partial charge in [0.15, 0.2) is 35.7 Å². The van der Waals surface area contributed by atoms with Crippen molar-refractivity contribution in [2.75, 3.05) is 6.61 Å². The van der Waals surface area contributed by atoms with E-state index in [1.807, 2.05) is 6.92 Å². The van der Waals surface area contributed by atoms with Gasteiger partial charge in [0.25, 0.3) is 0 Å². The van der Waals surface area contributed by atoms with Crippen LogP contribution in [0.25, 0.3) is 11.1 Å². The second kappa shape index (κ2) is 9.50. The van der Waals surface area contributed by atoms with E-state index in [2.05, 4.69) is 4.74 Å². The number of alkyl halides is 2. The maximum Gasteiger partial charge on any atom is 0.433 e. The Morgan fingerprint density at radius 2 is 1.38 bits per heavy atom. The Bertz CT molecular complexity index is 1080. The van der Waals surface area contributed by atoms with Crippen LogP contribution in [0.4, 0.5) is 30.7 Å². The molecule has 0 N–H and O–H groups in total. The quantitative estimate of drug-likeness (QED) is 0.266. The molecule has 32 heavy (non-hydrogen) atoms. The molecule has 0 amide bonds. The van der Waals surface area contributed by atoms with Crippen molar-refractivity contribution in [3.63, 3.8) is 0 Å². The van der Waals surface area contributed by atoms with Gasteiger partial charge in [-0.15, -0.1) is 0 Å². The van der Waals surface area contributed by atoms with Crippen LogP contribution in [-0.2, 0) is 6.42 Å². The minimum atomic E-state index is -4.00. The predicted molar refractivity (Wildman–Crippen MR) is 103 cm³/mol. The lowest BCUT2D eigenvalue weighted by atomic mass is 10.0. The molecule has 0 unspecified atom stereocenters. The van der Waals surface area contributed by atoms with Gasteiger partial charge in [0.1, 0.15) is 11.5 Å². The molecule has 0 saturated carbocycles. The maximum atomic E-state index is 14.4. The smallest absolute Gasteiger partial charge is 0.433 e. The molecule has 0 aliphatic heterocycles. The average Bonchev–Trinajstić information content (AvgIpc) is 2.74. The standard InChI is InChI=1S/C23H17F7O2/c1-2-3-14-6-9-17(21(27)20(14)26)13-4-7-15(8-5-13)31-12-23(29,30)32-16-10-18(24)22(28)19(25)11-16/h4-11H,2-3,12H2,1H3. The summed E-state index contributed by atoms with van der Waals surface area (Å²) < 4.78 is 105. The number of benzene rings is 3. The van der Waals surface area contributed by atoms with Gasteiger partial charge in [-0.2, -0.15) is 8.78 Å². The van der Waals surface area contributed by atoms with Crippen molar-refractivity contribution in [1.29, 1.82) is 0 Å². The van der Waals surface area contributed by atoms with E-state index in [0.717, 1.165) is 0 Å². The SMILES string of the molecule is CCCc1ccc(-c2ccc(OCC(F)(F)Oc3cc(F)c(F)c(F)c3)cc2)c(F)c1F. The molecule has 0 aliphatic rings. The van der Waals surface area contributed by atoms with Gasteiger partial charge in [-0.1, -0.05) is 37.6 Å². The second-order valence-electron chi connectivity index (χ2n) is 6.90. The molecular weight excluding hydrogens is 441 g/mol. The fourth-order valence-corrected chi connectivity index (χ4v) is 2.97. The molecule has 3 rings (SSSR count). The Hall–Kier alpha value is -3.23. The first kappa shape index (κ1) is 23.4. The van der Waals surface area contributed by atoms with E-state index in [-0.39, 0.29) is 29.0 Å². The van der Waals surface area contributed by atoms with Crippen LogP contribution < -0.4 is 9.47 Å². The third-order valence-corrected chi connectivity index (χ3v) is 4.48. The van der Waals surface area contributed by atoms with E-state index >= 15 is 0 Å². The molecule has 3 aromatic rings. The highest BCUT2D eigenvalue weighted by Gasteiger charge is 2.34. The largest absolute Gasteiger partial charge is 0.483 e. The summed E-state index contributed by atoms with van der Waals surface area (Å²) in [6.07, 6.45) is -2.95. The zero-order valence-corrected chi connectivity index (χ0v) is 16.7. The van der Waals surface area contributed by atoms with E-state index in [1.54, 1.807) is 0 Å². The van der Waals surface area contributed by atoms with Crippen molar-refractivity contribution in [1.82, 2.24) is 0 Å². The molecule has 2 nitrogen and oxygen atoms in total. The lowest BCUT2D eigenvalue weighted by Gasteiger charge is -2.19. The molecular formula is C23H17F7O2. The van der Waals surface area contributed by atoms with E-state index in [0.29, 0.717) is 18.4 Å². The van der Waals surface area contributed by atoms with Crippen LogP contribution >= 0.6 is 0 Å². The Morgan fingerprint density at radius 1 is 0.750 bits per heavy atom. The predicted octanol–water partition coefficient (Wildman–Crippen LogP) is 7.05. The number of halogens is 7. The van der Waals surface area contributed by atoms with Crippen molar-refractivity contribution >= 4 is 0 Å². The molecule has 3 aromatic carbocycles. The van der Waals surface area contributed by atoms with Crippen molar-refractivity contribution in [2.45, 2.75) is 25.9 Å². The number of hydrogen-bond donors (Lipinski definition) is 0. The summed E-state index contributed by atoms with van der Waals surface area (Å²) in [5.74, 6) is -8.09. The highest BCUT2D eigenvalue weighted by molar-refractivity contribution is 5.65. The fraction of sp³-hybridized carbons (Fsp3) is 0.217. The van der Waals surface area contributed by atoms with Gasteiger partial charge >= 0.3 is 6.11 Å². The summed E-state index contributed by atoms with van der Waals surface area (Å²) >= 11 is 0. The Morgan fingerprint density at radius 3 is 1.97 bits per heavy atom. The van der Waals surface area contributed by atoms with Crippen LogP contribution in [0.2, 0.25) is 0 Å². The molecule has 0 spiro atoms. The maximum absolute atomic E-state index is 14.4. The van der Waals surface area contributed by atoms with Crippen LogP contribution in [0.1, 0.15) is 18.9 Å². The highest BCUT2D eigenvalue weighted by Crippen LogP contribution is 2.30. The monoisotopic (exact) mass is 458 g/mol. The van der Waals surface area contributed by atoms with Crippen LogP contribution in [0.5, 0.6) is 11.5 Å². The molecule has 0 radical (unpaired) electrons. The molecule has 0 bridgehead atoms. The Labute approximate surface area is 179 Å². The van der Waals surface area contributed by atoms with E-state index in [1.165, 1.54) is 36.4 Å². The van der Waals surface area contributed by atoms with Gasteiger partial charge in [-0.3, -0.25) is 0 Å². The summed E-state index contributed by atoms with van der Waals surface area (Å²) in [5.41, 5.74) is 0.567. The van der Waals surface area contributed by atoms with Crippen molar-refractivity contribution in [2.24, 2.45) is 0 Å². The van der Waals surface area contributed by atoms with E-state index in [4.69, 9.17) is 4.74 Å². The zero-order valence-electron chi connectivity index (χ0n) is 16.7. The van der Waals surface area contributed by atoms with Gasteiger partial charge in [-0.25, -0.2) is 22.0 Å². The third-order valence-electron chi connectivity index (χ3n) is 4.48. The molecule has 0 aromatic heterocycles. The Balaban J connectivity index is 1.68. The number of ether oxygens (including phenoxy) is 2. The molecule has 0 heterocycles. The summed E-state index contributed by atoms with van der Waals surface area (Å²) in [7, 11) is 0. The molecule has 0 fully saturated rings. The van der Waals surface area contributed by atoms with Gasteiger partial charge in [0.2, 0.25) is 0 Å². The van der Waals surface area contributed by atoms with Crippen molar-refractivity contribution < 1.29 is 40.2 Å². The zero-order chi connectivity index (χ0) is 23.5. The van der Waals surface area contributed by atoms with Gasteiger partial charge in [0, 0.05) is 17.7 Å². The second-order valence-corrected chi connectivity index (χ2v) is 6.90. The molecule has 0 saturated heterocycles. The molecule has 9 heteroatoms. The number of rotatable bonds is 8. The molecule has 0 aliphatic carbocycles. The highest BCUT2D eigenvalue weighted by atomic mass is 19.3. The minimum absolute atomic E-state index is 0.00271. The van der Waals surface area contributed by atoms with Gasteiger partial charge in [0.05, 0.1) is 0 Å². The average molecular weight is 458 g/mol. The Kier molecular flexibility index (Phi) is 6.96. The first-order chi connectivity index (χ1) is 15.1. The fourth-order valence-electron chi connectivity index (χ4n) is 2.97. The lowest BCUT2D eigenvalue weighted by Crippen LogP contribution is -2.32. The third kappa shape index (κ3) is 5.33. The normalized spacial score (nSPS) is 11.5. The van der Waals surface area contributed by atoms with Crippen LogP contribution in [0.3, 0.4) is 0 Å². The van der Waals surface area contributed by atoms with E-state index < -0.39 is 47.6 Å². The number of hydrogen-bond acceptors (Lipinski definition) is 2.